The maximum atomic E-state index is 11.8. The molecule has 0 bridgehead atoms. The molecule has 1 saturated heterocycles. The fourth-order valence-electron chi connectivity index (χ4n) is 1.96. The molecule has 2 rings (SSSR count). The Balaban J connectivity index is 1.82. The number of carbonyl (C=O) groups excluding carboxylic acids is 2. The number of benzene rings is 1. The highest BCUT2D eigenvalue weighted by atomic mass is 79.9. The Kier molecular flexibility index (Phi) is 5.55. The van der Waals surface area contributed by atoms with E-state index >= 15 is 0 Å². The molecule has 0 aromatic heterocycles. The quantitative estimate of drug-likeness (QED) is 0.831. The Morgan fingerprint density at radius 2 is 2.20 bits per heavy atom. The number of halogens is 1. The van der Waals surface area contributed by atoms with Gasteiger partial charge in [-0.1, -0.05) is 15.9 Å². The summed E-state index contributed by atoms with van der Waals surface area (Å²) < 4.78 is 11.3. The molecule has 6 heteroatoms. The Labute approximate surface area is 125 Å². The van der Waals surface area contributed by atoms with E-state index in [0.717, 1.165) is 19.1 Å². The molecule has 0 saturated carbocycles. The fraction of sp³-hybridized carbons (Fsp3) is 0.429. The zero-order valence-corrected chi connectivity index (χ0v) is 12.5. The van der Waals surface area contributed by atoms with Gasteiger partial charge in [0, 0.05) is 29.3 Å². The van der Waals surface area contributed by atoms with E-state index in [9.17, 15) is 9.59 Å². The van der Waals surface area contributed by atoms with E-state index < -0.39 is 0 Å². The molecule has 1 heterocycles. The second kappa shape index (κ2) is 7.40. The first-order valence-electron chi connectivity index (χ1n) is 6.43. The number of hydrogen-bond donors (Lipinski definition) is 1. The largest absolute Gasteiger partial charge is 0.484 e. The third-order valence-corrected chi connectivity index (χ3v) is 3.77. The lowest BCUT2D eigenvalue weighted by atomic mass is 10.1. The zero-order chi connectivity index (χ0) is 14.4. The van der Waals surface area contributed by atoms with Crippen LogP contribution in [-0.2, 0) is 9.53 Å². The molecule has 1 fully saturated rings. The summed E-state index contributed by atoms with van der Waals surface area (Å²) in [6.07, 6.45) is 2.40. The maximum Gasteiger partial charge on any atom is 0.258 e. The van der Waals surface area contributed by atoms with Crippen LogP contribution in [0.1, 0.15) is 23.2 Å². The van der Waals surface area contributed by atoms with Gasteiger partial charge in [-0.25, -0.2) is 0 Å². The van der Waals surface area contributed by atoms with Crippen molar-refractivity contribution in [1.82, 2.24) is 5.32 Å². The first-order chi connectivity index (χ1) is 9.69. The smallest absolute Gasteiger partial charge is 0.258 e. The molecule has 0 unspecified atom stereocenters. The second-order valence-electron chi connectivity index (χ2n) is 4.54. The maximum absolute atomic E-state index is 11.8. The van der Waals surface area contributed by atoms with Crippen LogP contribution in [0.3, 0.4) is 0 Å². The number of amides is 1. The van der Waals surface area contributed by atoms with Crippen LogP contribution in [0, 0.1) is 0 Å². The summed E-state index contributed by atoms with van der Waals surface area (Å²) in [5.74, 6) is 0.338. The normalized spacial score (nSPS) is 15.7. The SMILES string of the molecule is O=Cc1cc(OCC(=O)NC2CCOCC2)ccc1Br. The second-order valence-corrected chi connectivity index (χ2v) is 5.40. The van der Waals surface area contributed by atoms with E-state index in [4.69, 9.17) is 9.47 Å². The summed E-state index contributed by atoms with van der Waals surface area (Å²) in [5, 5.41) is 2.91. The van der Waals surface area contributed by atoms with Crippen molar-refractivity contribution in [3.63, 3.8) is 0 Å². The van der Waals surface area contributed by atoms with Crippen molar-refractivity contribution < 1.29 is 19.1 Å². The lowest BCUT2D eigenvalue weighted by molar-refractivity contribution is -0.124. The van der Waals surface area contributed by atoms with Gasteiger partial charge >= 0.3 is 0 Å². The van der Waals surface area contributed by atoms with Gasteiger partial charge in [-0.3, -0.25) is 9.59 Å². The molecule has 0 atom stereocenters. The molecule has 5 nitrogen and oxygen atoms in total. The van der Waals surface area contributed by atoms with Crippen LogP contribution in [0.25, 0.3) is 0 Å². The molecular formula is C14H16BrNO4. The monoisotopic (exact) mass is 341 g/mol. The van der Waals surface area contributed by atoms with Crippen molar-refractivity contribution in [2.24, 2.45) is 0 Å². The van der Waals surface area contributed by atoms with Crippen molar-refractivity contribution in [2.75, 3.05) is 19.8 Å². The molecule has 1 aromatic carbocycles. The Hall–Kier alpha value is -1.40. The van der Waals surface area contributed by atoms with Gasteiger partial charge < -0.3 is 14.8 Å². The van der Waals surface area contributed by atoms with Crippen LogP contribution >= 0.6 is 15.9 Å². The van der Waals surface area contributed by atoms with Gasteiger partial charge in [0.1, 0.15) is 5.75 Å². The Morgan fingerprint density at radius 3 is 2.90 bits per heavy atom. The average molecular weight is 342 g/mol. The minimum Gasteiger partial charge on any atom is -0.484 e. The molecular weight excluding hydrogens is 326 g/mol. The van der Waals surface area contributed by atoms with Crippen LogP contribution in [-0.4, -0.2) is 38.1 Å². The van der Waals surface area contributed by atoms with Gasteiger partial charge in [0.15, 0.2) is 12.9 Å². The van der Waals surface area contributed by atoms with E-state index in [1.807, 2.05) is 0 Å². The molecule has 20 heavy (non-hydrogen) atoms. The molecule has 108 valence electrons. The van der Waals surface area contributed by atoms with Crippen LogP contribution in [0.4, 0.5) is 0 Å². The standard InChI is InChI=1S/C14H16BrNO4/c15-13-2-1-12(7-10(13)8-17)20-9-14(18)16-11-3-5-19-6-4-11/h1-2,7-8,11H,3-6,9H2,(H,16,18). The molecule has 1 amide bonds. The van der Waals surface area contributed by atoms with Crippen molar-refractivity contribution in [2.45, 2.75) is 18.9 Å². The lowest BCUT2D eigenvalue weighted by Crippen LogP contribution is -2.41. The van der Waals surface area contributed by atoms with Crippen molar-refractivity contribution in [1.29, 1.82) is 0 Å². The fourth-order valence-corrected chi connectivity index (χ4v) is 2.30. The highest BCUT2D eigenvalue weighted by Gasteiger charge is 2.16. The van der Waals surface area contributed by atoms with Crippen LogP contribution in [0.5, 0.6) is 5.75 Å². The predicted octanol–water partition coefficient (Wildman–Crippen LogP) is 1.94. The summed E-state index contributed by atoms with van der Waals surface area (Å²) >= 11 is 3.26. The highest BCUT2D eigenvalue weighted by molar-refractivity contribution is 9.10. The van der Waals surface area contributed by atoms with Crippen LogP contribution < -0.4 is 10.1 Å². The summed E-state index contributed by atoms with van der Waals surface area (Å²) in [5.41, 5.74) is 0.493. The third-order valence-electron chi connectivity index (χ3n) is 3.05. The van der Waals surface area contributed by atoms with E-state index in [0.29, 0.717) is 29.0 Å². The number of ether oxygens (including phenoxy) is 2. The predicted molar refractivity (Wildman–Crippen MR) is 77.0 cm³/mol. The van der Waals surface area contributed by atoms with Gasteiger partial charge in [-0.15, -0.1) is 0 Å². The van der Waals surface area contributed by atoms with E-state index in [1.165, 1.54) is 0 Å². The van der Waals surface area contributed by atoms with Crippen molar-refractivity contribution in [3.05, 3.63) is 28.2 Å². The number of hydrogen-bond acceptors (Lipinski definition) is 4. The summed E-state index contributed by atoms with van der Waals surface area (Å²) in [7, 11) is 0. The molecule has 1 aliphatic heterocycles. The number of carbonyl (C=O) groups is 2. The molecule has 1 aliphatic rings. The average Bonchev–Trinajstić information content (AvgIpc) is 2.47. The molecule has 1 N–H and O–H groups in total. The topological polar surface area (TPSA) is 64.6 Å². The van der Waals surface area contributed by atoms with E-state index in [2.05, 4.69) is 21.2 Å². The molecule has 0 aliphatic carbocycles. The van der Waals surface area contributed by atoms with E-state index in [1.54, 1.807) is 18.2 Å². The lowest BCUT2D eigenvalue weighted by Gasteiger charge is -2.23. The van der Waals surface area contributed by atoms with E-state index in [-0.39, 0.29) is 18.6 Å². The van der Waals surface area contributed by atoms with Gasteiger partial charge in [-0.05, 0) is 31.0 Å². The number of aldehydes is 1. The number of nitrogens with one attached hydrogen (secondary N) is 1. The minimum absolute atomic E-state index is 0.0582. The van der Waals surface area contributed by atoms with Gasteiger partial charge in [0.05, 0.1) is 0 Å². The molecule has 1 aromatic rings. The summed E-state index contributed by atoms with van der Waals surface area (Å²) in [6.45, 7) is 1.31. The third kappa shape index (κ3) is 4.31. The number of rotatable bonds is 5. The molecule has 0 radical (unpaired) electrons. The van der Waals surface area contributed by atoms with Crippen molar-refractivity contribution in [3.8, 4) is 5.75 Å². The van der Waals surface area contributed by atoms with Gasteiger partial charge in [0.25, 0.3) is 5.91 Å². The first-order valence-corrected chi connectivity index (χ1v) is 7.23. The summed E-state index contributed by atoms with van der Waals surface area (Å²) in [4.78, 5) is 22.6. The van der Waals surface area contributed by atoms with Gasteiger partial charge in [0.2, 0.25) is 0 Å². The Morgan fingerprint density at radius 1 is 1.45 bits per heavy atom. The van der Waals surface area contributed by atoms with Crippen LogP contribution in [0.2, 0.25) is 0 Å². The van der Waals surface area contributed by atoms with Crippen molar-refractivity contribution >= 4 is 28.1 Å². The Bertz CT molecular complexity index is 486. The highest BCUT2D eigenvalue weighted by Crippen LogP contribution is 2.21. The van der Waals surface area contributed by atoms with Gasteiger partial charge in [-0.2, -0.15) is 0 Å². The first kappa shape index (κ1) is 15.0. The van der Waals surface area contributed by atoms with Crippen LogP contribution in [0.15, 0.2) is 22.7 Å². The molecule has 0 spiro atoms. The minimum atomic E-state index is -0.160. The summed E-state index contributed by atoms with van der Waals surface area (Å²) in [6, 6.07) is 5.18. The zero-order valence-electron chi connectivity index (χ0n) is 10.9.